The summed E-state index contributed by atoms with van der Waals surface area (Å²) in [5.74, 6) is 0. The van der Waals surface area contributed by atoms with Crippen molar-refractivity contribution in [2.24, 2.45) is 0 Å². The number of benzene rings is 2. The Kier molecular flexibility index (Phi) is 9.43. The zero-order chi connectivity index (χ0) is 25.3. The summed E-state index contributed by atoms with van der Waals surface area (Å²) in [4.78, 5) is 0. The Morgan fingerprint density at radius 2 is 1.25 bits per heavy atom. The Morgan fingerprint density at radius 3 is 1.72 bits per heavy atom. The molecule has 0 atom stereocenters. The predicted octanol–water partition coefficient (Wildman–Crippen LogP) is 2.36. The molecule has 0 fully saturated rings. The van der Waals surface area contributed by atoms with Crippen LogP contribution in [0.3, 0.4) is 0 Å². The summed E-state index contributed by atoms with van der Waals surface area (Å²) in [6.07, 6.45) is 9.15. The maximum absolute atomic E-state index is 2.44. The van der Waals surface area contributed by atoms with Crippen LogP contribution >= 0.6 is 0 Å². The molecule has 2 aliphatic rings. The molecule has 0 saturated heterocycles. The largest absolute Gasteiger partial charge is 1.00 e. The molecule has 4 rings (SSSR count). The summed E-state index contributed by atoms with van der Waals surface area (Å²) in [7, 11) is 0. The Morgan fingerprint density at radius 1 is 0.694 bits per heavy atom. The van der Waals surface area contributed by atoms with Gasteiger partial charge in [-0.1, -0.05) is 0 Å². The fraction of sp³-hybridized carbons (Fsp3) is 0.485. The van der Waals surface area contributed by atoms with Crippen LogP contribution in [0.15, 0.2) is 18.2 Å². The van der Waals surface area contributed by atoms with E-state index in [1.807, 2.05) is 0 Å². The zero-order valence-electron chi connectivity index (χ0n) is 24.4. The fourth-order valence-corrected chi connectivity index (χ4v) is 10.4. The Labute approximate surface area is 244 Å². The van der Waals surface area contributed by atoms with Crippen LogP contribution in [0, 0.1) is 27.7 Å². The third kappa shape index (κ3) is 5.11. The standard InChI is InChI=1S/C30H37.C3H6.2ClH.Zr/c1-17-18(2)28(30(8,9)10)19(3)23-15-22-16-24(29(5,6)7)25(21-13-11-12-14-21)20(4)26(22)27(17)23;1-3-2;;;/h11-13H,14-15H2,1-10H3;1-2H3;2*1H;/q;;;;+2/p-2. The van der Waals surface area contributed by atoms with Crippen molar-refractivity contribution < 1.29 is 47.6 Å². The molecule has 2 aliphatic carbocycles. The Hall–Kier alpha value is -0.747. The number of allylic oxidation sites excluding steroid dienone is 4. The molecule has 0 spiro atoms. The van der Waals surface area contributed by atoms with Crippen molar-refractivity contribution in [3.8, 4) is 11.1 Å². The minimum Gasteiger partial charge on any atom is -1.00 e. The number of fused-ring (bicyclic) bond motifs is 3. The molecule has 0 N–H and O–H groups in total. The van der Waals surface area contributed by atoms with Crippen LogP contribution in [-0.2, 0) is 40.0 Å². The first-order valence-corrected chi connectivity index (χ1v) is 15.4. The SMILES string of the molecule is C[C](C)=[Zr+2][c]1c2c(c(C)c(C3=CC=CC3)c1C(C)(C)C)-c1c(C)c(C)c(C(C)(C)C)c(C)c1C2.[Cl-].[Cl-]. The topological polar surface area (TPSA) is 0 Å². The number of rotatable bonds is 2. The van der Waals surface area contributed by atoms with E-state index in [1.54, 1.807) is 45.4 Å². The van der Waals surface area contributed by atoms with Gasteiger partial charge in [-0.05, 0) is 0 Å². The molecule has 3 heteroatoms. The van der Waals surface area contributed by atoms with E-state index < -0.39 is 22.8 Å². The van der Waals surface area contributed by atoms with Crippen LogP contribution in [0.1, 0.15) is 112 Å². The molecule has 2 aromatic carbocycles. The molecule has 0 aromatic heterocycles. The molecule has 193 valence electrons. The molecular formula is C33H43Cl2Zr. The summed E-state index contributed by atoms with van der Waals surface area (Å²) in [5, 5.41) is 0. The normalized spacial score (nSPS) is 13.9. The first-order valence-electron chi connectivity index (χ1n) is 12.9. The van der Waals surface area contributed by atoms with E-state index in [2.05, 4.69) is 101 Å². The van der Waals surface area contributed by atoms with E-state index in [0.717, 1.165) is 12.8 Å². The van der Waals surface area contributed by atoms with Gasteiger partial charge in [0.15, 0.2) is 0 Å². The summed E-state index contributed by atoms with van der Waals surface area (Å²) in [5.41, 5.74) is 19.1. The van der Waals surface area contributed by atoms with Gasteiger partial charge in [0.1, 0.15) is 0 Å². The first kappa shape index (κ1) is 31.5. The van der Waals surface area contributed by atoms with E-state index in [1.165, 1.54) is 27.8 Å². The second-order valence-corrected chi connectivity index (χ2v) is 17.1. The zero-order valence-corrected chi connectivity index (χ0v) is 28.4. The van der Waals surface area contributed by atoms with Crippen LogP contribution < -0.4 is 28.1 Å². The maximum Gasteiger partial charge on any atom is -1.00 e. The molecule has 0 bridgehead atoms. The molecule has 0 aliphatic heterocycles. The smallest absolute Gasteiger partial charge is 1.00 e. The van der Waals surface area contributed by atoms with Crippen LogP contribution in [0.25, 0.3) is 16.7 Å². The van der Waals surface area contributed by atoms with Gasteiger partial charge in [0.25, 0.3) is 0 Å². The quantitative estimate of drug-likeness (QED) is 0.424. The first-order chi connectivity index (χ1) is 15.7. The van der Waals surface area contributed by atoms with E-state index in [-0.39, 0.29) is 35.6 Å². The second kappa shape index (κ2) is 10.8. The van der Waals surface area contributed by atoms with E-state index in [9.17, 15) is 0 Å². The summed E-state index contributed by atoms with van der Waals surface area (Å²) in [6.45, 7) is 28.8. The predicted molar refractivity (Wildman–Crippen MR) is 149 cm³/mol. The molecule has 0 heterocycles. The van der Waals surface area contributed by atoms with Gasteiger partial charge in [-0.2, -0.15) is 0 Å². The number of halogens is 2. The molecule has 0 nitrogen and oxygen atoms in total. The van der Waals surface area contributed by atoms with Crippen molar-refractivity contribution in [3.63, 3.8) is 0 Å². The van der Waals surface area contributed by atoms with Gasteiger partial charge in [0.05, 0.1) is 0 Å². The average molecular weight is 602 g/mol. The van der Waals surface area contributed by atoms with Crippen LogP contribution in [0.4, 0.5) is 0 Å². The van der Waals surface area contributed by atoms with Crippen molar-refractivity contribution in [1.29, 1.82) is 0 Å². The summed E-state index contributed by atoms with van der Waals surface area (Å²) >= 11 is -0.837. The molecule has 0 amide bonds. The van der Waals surface area contributed by atoms with Gasteiger partial charge in [-0.3, -0.25) is 0 Å². The minimum absolute atomic E-state index is 0. The average Bonchev–Trinajstić information content (AvgIpc) is 3.34. The summed E-state index contributed by atoms with van der Waals surface area (Å²) in [6, 6.07) is 0. The number of hydrogen-bond donors (Lipinski definition) is 0. The molecule has 36 heavy (non-hydrogen) atoms. The third-order valence-corrected chi connectivity index (χ3v) is 11.1. The monoisotopic (exact) mass is 599 g/mol. The fourth-order valence-electron chi connectivity index (χ4n) is 6.71. The van der Waals surface area contributed by atoms with Gasteiger partial charge < -0.3 is 24.8 Å². The van der Waals surface area contributed by atoms with Crippen LogP contribution in [0.2, 0.25) is 0 Å². The molecule has 0 saturated carbocycles. The third-order valence-electron chi connectivity index (χ3n) is 7.87. The summed E-state index contributed by atoms with van der Waals surface area (Å²) < 4.78 is 3.44. The van der Waals surface area contributed by atoms with Gasteiger partial charge in [-0.15, -0.1) is 0 Å². The van der Waals surface area contributed by atoms with Crippen LogP contribution in [-0.4, -0.2) is 3.21 Å². The van der Waals surface area contributed by atoms with Crippen molar-refractivity contribution in [3.05, 3.63) is 68.3 Å². The van der Waals surface area contributed by atoms with E-state index in [0.29, 0.717) is 0 Å². The minimum atomic E-state index is -0.837. The molecule has 0 radical (unpaired) electrons. The van der Waals surface area contributed by atoms with Crippen LogP contribution in [0.5, 0.6) is 0 Å². The van der Waals surface area contributed by atoms with Crippen molar-refractivity contribution in [1.82, 2.24) is 0 Å². The van der Waals surface area contributed by atoms with Crippen molar-refractivity contribution >= 4 is 12.1 Å². The second-order valence-electron chi connectivity index (χ2n) is 12.8. The van der Waals surface area contributed by atoms with E-state index in [4.69, 9.17) is 0 Å². The van der Waals surface area contributed by atoms with Gasteiger partial charge in [-0.25, -0.2) is 0 Å². The number of hydrogen-bond acceptors (Lipinski definition) is 0. The molecule has 2 aromatic rings. The van der Waals surface area contributed by atoms with Gasteiger partial charge in [0.2, 0.25) is 0 Å². The Bertz CT molecular complexity index is 1300. The molecular weight excluding hydrogens is 558 g/mol. The van der Waals surface area contributed by atoms with Gasteiger partial charge in [0, 0.05) is 0 Å². The van der Waals surface area contributed by atoms with E-state index >= 15 is 0 Å². The molecule has 0 unspecified atom stereocenters. The Balaban J connectivity index is 0.00000228. The maximum atomic E-state index is 2.44. The van der Waals surface area contributed by atoms with Crippen molar-refractivity contribution in [2.45, 2.75) is 107 Å². The van der Waals surface area contributed by atoms with Gasteiger partial charge >= 0.3 is 221 Å². The van der Waals surface area contributed by atoms with Crippen molar-refractivity contribution in [2.75, 3.05) is 0 Å².